The number of nitrogens with zero attached hydrogens (tertiary/aromatic N) is 2. The number of ether oxygens (including phenoxy) is 1. The number of methoxy groups -OCH3 is 1. The summed E-state index contributed by atoms with van der Waals surface area (Å²) in [4.78, 5) is 4.22. The Kier molecular flexibility index (Phi) is 3.67. The first-order valence-corrected chi connectivity index (χ1v) is 6.01. The summed E-state index contributed by atoms with van der Waals surface area (Å²) < 4.78 is 7.15. The van der Waals surface area contributed by atoms with Gasteiger partial charge >= 0.3 is 0 Å². The molecule has 4 heteroatoms. The van der Waals surface area contributed by atoms with E-state index in [-0.39, 0.29) is 0 Å². The minimum Gasteiger partial charge on any atom is -0.496 e. The molecule has 18 heavy (non-hydrogen) atoms. The Morgan fingerprint density at radius 3 is 2.83 bits per heavy atom. The first-order chi connectivity index (χ1) is 8.67. The maximum absolute atomic E-state index is 10.4. The molecular formula is C14H18N2O2. The molecule has 0 bridgehead atoms. The minimum absolute atomic E-state index is 0.669. The Hall–Kier alpha value is -1.81. The number of aliphatic hydroxyl groups excluding tert-OH is 1. The van der Waals surface area contributed by atoms with Crippen molar-refractivity contribution in [2.75, 3.05) is 7.11 Å². The number of hydrogen-bond donors (Lipinski definition) is 1. The summed E-state index contributed by atoms with van der Waals surface area (Å²) in [5.41, 5.74) is 1.83. The van der Waals surface area contributed by atoms with Gasteiger partial charge in [-0.15, -0.1) is 0 Å². The van der Waals surface area contributed by atoms with Crippen molar-refractivity contribution in [3.8, 4) is 5.75 Å². The van der Waals surface area contributed by atoms with Crippen LogP contribution >= 0.6 is 0 Å². The van der Waals surface area contributed by atoms with Crippen molar-refractivity contribution in [2.45, 2.75) is 26.5 Å². The predicted octanol–water partition coefficient (Wildman–Crippen LogP) is 2.30. The van der Waals surface area contributed by atoms with Gasteiger partial charge in [0.15, 0.2) is 0 Å². The van der Waals surface area contributed by atoms with Crippen molar-refractivity contribution >= 4 is 0 Å². The first-order valence-electron chi connectivity index (χ1n) is 6.01. The summed E-state index contributed by atoms with van der Waals surface area (Å²) in [7, 11) is 1.64. The third-order valence-electron chi connectivity index (χ3n) is 3.07. The van der Waals surface area contributed by atoms with E-state index in [1.165, 1.54) is 0 Å². The van der Waals surface area contributed by atoms with Crippen LogP contribution in [0.3, 0.4) is 0 Å². The molecule has 0 aliphatic carbocycles. The molecule has 0 spiro atoms. The highest BCUT2D eigenvalue weighted by Gasteiger charge is 2.16. The largest absolute Gasteiger partial charge is 0.496 e. The fourth-order valence-corrected chi connectivity index (χ4v) is 2.06. The van der Waals surface area contributed by atoms with Crippen LogP contribution in [0.1, 0.15) is 30.0 Å². The number of imidazole rings is 1. The molecular weight excluding hydrogens is 228 g/mol. The second-order valence-corrected chi connectivity index (χ2v) is 4.20. The zero-order chi connectivity index (χ0) is 13.1. The summed E-state index contributed by atoms with van der Waals surface area (Å²) in [6.45, 7) is 4.78. The van der Waals surface area contributed by atoms with Crippen LogP contribution in [-0.2, 0) is 6.54 Å². The second kappa shape index (κ2) is 5.23. The molecule has 4 nitrogen and oxygen atoms in total. The smallest absolute Gasteiger partial charge is 0.142 e. The number of benzene rings is 1. The van der Waals surface area contributed by atoms with Crippen LogP contribution in [0, 0.1) is 6.92 Å². The lowest BCUT2D eigenvalue weighted by Gasteiger charge is -2.14. The molecule has 96 valence electrons. The molecule has 2 rings (SSSR count). The first kappa shape index (κ1) is 12.6. The van der Waals surface area contributed by atoms with Gasteiger partial charge in [0.25, 0.3) is 0 Å². The van der Waals surface area contributed by atoms with Crippen LogP contribution in [0.25, 0.3) is 0 Å². The minimum atomic E-state index is -0.704. The predicted molar refractivity (Wildman–Crippen MR) is 69.7 cm³/mol. The van der Waals surface area contributed by atoms with Crippen molar-refractivity contribution in [1.82, 2.24) is 9.55 Å². The van der Waals surface area contributed by atoms with Gasteiger partial charge in [-0.25, -0.2) is 4.98 Å². The second-order valence-electron chi connectivity index (χ2n) is 4.20. The van der Waals surface area contributed by atoms with Crippen LogP contribution in [0.15, 0.2) is 30.6 Å². The van der Waals surface area contributed by atoms with Gasteiger partial charge in [-0.2, -0.15) is 0 Å². The van der Waals surface area contributed by atoms with Gasteiger partial charge < -0.3 is 14.4 Å². The van der Waals surface area contributed by atoms with E-state index in [0.29, 0.717) is 5.82 Å². The zero-order valence-corrected chi connectivity index (χ0v) is 10.9. The van der Waals surface area contributed by atoms with E-state index >= 15 is 0 Å². The number of aryl methyl sites for hydroxylation is 2. The van der Waals surface area contributed by atoms with E-state index in [1.807, 2.05) is 42.8 Å². The van der Waals surface area contributed by atoms with Crippen molar-refractivity contribution in [2.24, 2.45) is 0 Å². The molecule has 0 aliphatic rings. The number of aromatic nitrogens is 2. The summed E-state index contributed by atoms with van der Waals surface area (Å²) in [5, 5.41) is 10.4. The third kappa shape index (κ3) is 2.24. The molecule has 0 radical (unpaired) electrons. The van der Waals surface area contributed by atoms with E-state index in [1.54, 1.807) is 13.3 Å². The van der Waals surface area contributed by atoms with Gasteiger partial charge in [0.1, 0.15) is 17.7 Å². The Morgan fingerprint density at radius 2 is 2.22 bits per heavy atom. The quantitative estimate of drug-likeness (QED) is 0.900. The van der Waals surface area contributed by atoms with Crippen molar-refractivity contribution in [3.63, 3.8) is 0 Å². The fraction of sp³-hybridized carbons (Fsp3) is 0.357. The summed E-state index contributed by atoms with van der Waals surface area (Å²) >= 11 is 0. The molecule has 0 saturated heterocycles. The fourth-order valence-electron chi connectivity index (χ4n) is 2.06. The van der Waals surface area contributed by atoms with Gasteiger partial charge in [0, 0.05) is 18.9 Å². The molecule has 0 saturated carbocycles. The summed E-state index contributed by atoms with van der Waals surface area (Å²) in [6, 6.07) is 5.66. The summed E-state index contributed by atoms with van der Waals surface area (Å²) in [6.07, 6.45) is 2.87. The van der Waals surface area contributed by atoms with E-state index in [2.05, 4.69) is 4.98 Å². The van der Waals surface area contributed by atoms with E-state index in [0.717, 1.165) is 23.4 Å². The maximum atomic E-state index is 10.4. The molecule has 2 aromatic rings. The van der Waals surface area contributed by atoms with E-state index in [9.17, 15) is 5.11 Å². The Morgan fingerprint density at radius 1 is 1.44 bits per heavy atom. The van der Waals surface area contributed by atoms with E-state index < -0.39 is 6.10 Å². The molecule has 1 heterocycles. The molecule has 0 amide bonds. The van der Waals surface area contributed by atoms with Crippen LogP contribution in [-0.4, -0.2) is 21.8 Å². The maximum Gasteiger partial charge on any atom is 0.142 e. The molecule has 0 fully saturated rings. The highest BCUT2D eigenvalue weighted by molar-refractivity contribution is 5.38. The molecule has 0 aliphatic heterocycles. The van der Waals surface area contributed by atoms with Gasteiger partial charge in [-0.3, -0.25) is 0 Å². The highest BCUT2D eigenvalue weighted by Crippen LogP contribution is 2.25. The molecule has 1 atom stereocenters. The SMILES string of the molecule is CCn1ccnc1C(O)c1ccc(OC)c(C)c1. The lowest BCUT2D eigenvalue weighted by Crippen LogP contribution is -2.09. The molecule has 1 aromatic carbocycles. The Bertz CT molecular complexity index is 534. The van der Waals surface area contributed by atoms with Gasteiger partial charge in [0.05, 0.1) is 7.11 Å². The van der Waals surface area contributed by atoms with Crippen LogP contribution in [0.4, 0.5) is 0 Å². The zero-order valence-electron chi connectivity index (χ0n) is 10.9. The molecule has 1 aromatic heterocycles. The van der Waals surface area contributed by atoms with Crippen LogP contribution in [0.2, 0.25) is 0 Å². The Labute approximate surface area is 107 Å². The monoisotopic (exact) mass is 246 g/mol. The van der Waals surface area contributed by atoms with Crippen molar-refractivity contribution in [1.29, 1.82) is 0 Å². The van der Waals surface area contributed by atoms with Crippen molar-refractivity contribution < 1.29 is 9.84 Å². The molecule has 1 N–H and O–H groups in total. The number of aliphatic hydroxyl groups is 1. The van der Waals surface area contributed by atoms with Gasteiger partial charge in [-0.05, 0) is 37.1 Å². The third-order valence-corrected chi connectivity index (χ3v) is 3.07. The lowest BCUT2D eigenvalue weighted by atomic mass is 10.1. The van der Waals surface area contributed by atoms with Crippen LogP contribution < -0.4 is 4.74 Å². The summed E-state index contributed by atoms with van der Waals surface area (Å²) in [5.74, 6) is 1.49. The average Bonchev–Trinajstić information content (AvgIpc) is 2.86. The van der Waals surface area contributed by atoms with E-state index in [4.69, 9.17) is 4.74 Å². The van der Waals surface area contributed by atoms with Gasteiger partial charge in [0.2, 0.25) is 0 Å². The normalized spacial score (nSPS) is 12.4. The topological polar surface area (TPSA) is 47.3 Å². The number of hydrogen-bond acceptors (Lipinski definition) is 3. The number of rotatable bonds is 4. The van der Waals surface area contributed by atoms with Gasteiger partial charge in [-0.1, -0.05) is 6.07 Å². The van der Waals surface area contributed by atoms with Crippen LogP contribution in [0.5, 0.6) is 5.75 Å². The molecule has 1 unspecified atom stereocenters. The Balaban J connectivity index is 2.34. The highest BCUT2D eigenvalue weighted by atomic mass is 16.5. The lowest BCUT2D eigenvalue weighted by molar-refractivity contribution is 0.204. The average molecular weight is 246 g/mol. The van der Waals surface area contributed by atoms with Crippen molar-refractivity contribution in [3.05, 3.63) is 47.5 Å². The standard InChI is InChI=1S/C14H18N2O2/c1-4-16-8-7-15-14(16)13(17)11-5-6-12(18-3)10(2)9-11/h5-9,13,17H,4H2,1-3H3.